The third kappa shape index (κ3) is 4.20. The molecule has 19 heavy (non-hydrogen) atoms. The fourth-order valence-corrected chi connectivity index (χ4v) is 2.43. The maximum atomic E-state index is 10.4. The molecule has 0 amide bonds. The molecule has 1 fully saturated rings. The van der Waals surface area contributed by atoms with Crippen molar-refractivity contribution in [2.45, 2.75) is 31.4 Å². The van der Waals surface area contributed by atoms with Gasteiger partial charge < -0.3 is 15.2 Å². The SMILES string of the molecule is O=C(O)CCCNC1CCOC1c1ccc(Cl)cc1. The molecule has 1 aromatic rings. The third-order valence-electron chi connectivity index (χ3n) is 3.26. The van der Waals surface area contributed by atoms with E-state index in [-0.39, 0.29) is 18.6 Å². The van der Waals surface area contributed by atoms with E-state index in [1.54, 1.807) is 0 Å². The molecule has 4 nitrogen and oxygen atoms in total. The summed E-state index contributed by atoms with van der Waals surface area (Å²) < 4.78 is 5.75. The number of aliphatic carboxylic acids is 1. The van der Waals surface area contributed by atoms with Crippen LogP contribution in [0.1, 0.15) is 30.9 Å². The molecule has 1 saturated heterocycles. The molecule has 0 spiro atoms. The van der Waals surface area contributed by atoms with E-state index in [1.165, 1.54) is 0 Å². The molecule has 2 N–H and O–H groups in total. The van der Waals surface area contributed by atoms with E-state index in [4.69, 9.17) is 21.4 Å². The van der Waals surface area contributed by atoms with E-state index in [0.717, 1.165) is 18.6 Å². The van der Waals surface area contributed by atoms with Gasteiger partial charge in [-0.15, -0.1) is 0 Å². The first kappa shape index (κ1) is 14.3. The molecule has 0 radical (unpaired) electrons. The Balaban J connectivity index is 1.86. The van der Waals surface area contributed by atoms with Crippen LogP contribution in [-0.2, 0) is 9.53 Å². The third-order valence-corrected chi connectivity index (χ3v) is 3.52. The van der Waals surface area contributed by atoms with Crippen molar-refractivity contribution in [1.29, 1.82) is 0 Å². The van der Waals surface area contributed by atoms with Gasteiger partial charge >= 0.3 is 5.97 Å². The van der Waals surface area contributed by atoms with Crippen molar-refractivity contribution in [2.24, 2.45) is 0 Å². The summed E-state index contributed by atoms with van der Waals surface area (Å²) in [7, 11) is 0. The predicted molar refractivity (Wildman–Crippen MR) is 73.4 cm³/mol. The number of hydrogen-bond acceptors (Lipinski definition) is 3. The molecule has 2 atom stereocenters. The fraction of sp³-hybridized carbons (Fsp3) is 0.500. The van der Waals surface area contributed by atoms with E-state index >= 15 is 0 Å². The fourth-order valence-electron chi connectivity index (χ4n) is 2.31. The Kier molecular flexibility index (Phi) is 5.19. The summed E-state index contributed by atoms with van der Waals surface area (Å²) in [5.41, 5.74) is 1.11. The van der Waals surface area contributed by atoms with E-state index in [2.05, 4.69) is 5.32 Å². The Bertz CT molecular complexity index is 421. The maximum Gasteiger partial charge on any atom is 0.303 e. The molecular formula is C14H18ClNO3. The van der Waals surface area contributed by atoms with Gasteiger partial charge in [-0.2, -0.15) is 0 Å². The maximum absolute atomic E-state index is 10.4. The van der Waals surface area contributed by atoms with Crippen LogP contribution in [0.5, 0.6) is 0 Å². The lowest BCUT2D eigenvalue weighted by molar-refractivity contribution is -0.137. The highest BCUT2D eigenvalue weighted by Crippen LogP contribution is 2.29. The van der Waals surface area contributed by atoms with Gasteiger partial charge in [-0.1, -0.05) is 23.7 Å². The lowest BCUT2D eigenvalue weighted by Crippen LogP contribution is -2.32. The number of nitrogens with one attached hydrogen (secondary N) is 1. The Morgan fingerprint density at radius 3 is 2.84 bits per heavy atom. The molecule has 1 aliphatic heterocycles. The van der Waals surface area contributed by atoms with Crippen LogP contribution >= 0.6 is 11.6 Å². The van der Waals surface area contributed by atoms with Crippen molar-refractivity contribution in [1.82, 2.24) is 5.32 Å². The van der Waals surface area contributed by atoms with Gasteiger partial charge in [-0.3, -0.25) is 4.79 Å². The van der Waals surface area contributed by atoms with Gasteiger partial charge in [0.05, 0.1) is 6.10 Å². The summed E-state index contributed by atoms with van der Waals surface area (Å²) in [5, 5.41) is 12.7. The number of ether oxygens (including phenoxy) is 1. The number of rotatable bonds is 6. The molecule has 0 saturated carbocycles. The van der Waals surface area contributed by atoms with Gasteiger partial charge in [0.25, 0.3) is 0 Å². The molecule has 2 rings (SSSR count). The largest absolute Gasteiger partial charge is 0.481 e. The van der Waals surface area contributed by atoms with Gasteiger partial charge in [-0.05, 0) is 37.1 Å². The Morgan fingerprint density at radius 1 is 1.42 bits per heavy atom. The first-order valence-electron chi connectivity index (χ1n) is 6.49. The summed E-state index contributed by atoms with van der Waals surface area (Å²) >= 11 is 5.87. The average Bonchev–Trinajstić information content (AvgIpc) is 2.84. The van der Waals surface area contributed by atoms with Crippen molar-refractivity contribution >= 4 is 17.6 Å². The summed E-state index contributed by atoms with van der Waals surface area (Å²) in [6, 6.07) is 7.92. The molecule has 5 heteroatoms. The van der Waals surface area contributed by atoms with Crippen LogP contribution in [0.3, 0.4) is 0 Å². The number of benzene rings is 1. The zero-order chi connectivity index (χ0) is 13.7. The molecule has 0 aromatic heterocycles. The highest BCUT2D eigenvalue weighted by Gasteiger charge is 2.28. The highest BCUT2D eigenvalue weighted by molar-refractivity contribution is 6.30. The quantitative estimate of drug-likeness (QED) is 0.788. The second-order valence-electron chi connectivity index (χ2n) is 4.69. The van der Waals surface area contributed by atoms with Gasteiger partial charge in [0, 0.05) is 24.1 Å². The van der Waals surface area contributed by atoms with Crippen molar-refractivity contribution < 1.29 is 14.6 Å². The zero-order valence-corrected chi connectivity index (χ0v) is 11.4. The lowest BCUT2D eigenvalue weighted by Gasteiger charge is -2.20. The molecule has 1 aliphatic rings. The second-order valence-corrected chi connectivity index (χ2v) is 5.13. The van der Waals surface area contributed by atoms with Crippen LogP contribution in [0.25, 0.3) is 0 Å². The second kappa shape index (κ2) is 6.89. The van der Waals surface area contributed by atoms with Gasteiger partial charge in [0.15, 0.2) is 0 Å². The number of carboxylic acid groups (broad SMARTS) is 1. The minimum Gasteiger partial charge on any atom is -0.481 e. The normalized spacial score (nSPS) is 22.6. The Labute approximate surface area is 117 Å². The minimum atomic E-state index is -0.751. The van der Waals surface area contributed by atoms with Gasteiger partial charge in [0.2, 0.25) is 0 Å². The van der Waals surface area contributed by atoms with Crippen LogP contribution in [0.4, 0.5) is 0 Å². The summed E-state index contributed by atoms with van der Waals surface area (Å²) in [6.45, 7) is 1.42. The van der Waals surface area contributed by atoms with Crippen LogP contribution in [0.15, 0.2) is 24.3 Å². The van der Waals surface area contributed by atoms with E-state index in [1.807, 2.05) is 24.3 Å². The van der Waals surface area contributed by atoms with Crippen molar-refractivity contribution in [3.8, 4) is 0 Å². The lowest BCUT2D eigenvalue weighted by atomic mass is 10.0. The highest BCUT2D eigenvalue weighted by atomic mass is 35.5. The topological polar surface area (TPSA) is 58.6 Å². The molecular weight excluding hydrogens is 266 g/mol. The van der Waals surface area contributed by atoms with Crippen LogP contribution in [0.2, 0.25) is 5.02 Å². The van der Waals surface area contributed by atoms with Gasteiger partial charge in [0.1, 0.15) is 0 Å². The van der Waals surface area contributed by atoms with Gasteiger partial charge in [-0.25, -0.2) is 0 Å². The summed E-state index contributed by atoms with van der Waals surface area (Å²) in [4.78, 5) is 10.4. The van der Waals surface area contributed by atoms with E-state index < -0.39 is 5.97 Å². The van der Waals surface area contributed by atoms with Crippen LogP contribution in [-0.4, -0.2) is 30.3 Å². The Morgan fingerprint density at radius 2 is 2.16 bits per heavy atom. The number of carbonyl (C=O) groups is 1. The predicted octanol–water partition coefficient (Wildman–Crippen LogP) is 2.62. The number of halogens is 1. The minimum absolute atomic E-state index is 0.0297. The average molecular weight is 284 g/mol. The molecule has 1 heterocycles. The standard InChI is InChI=1S/C14H18ClNO3/c15-11-5-3-10(4-6-11)14-12(7-9-19-14)16-8-1-2-13(17)18/h3-6,12,14,16H,1-2,7-9H2,(H,17,18). The zero-order valence-electron chi connectivity index (χ0n) is 10.6. The van der Waals surface area contributed by atoms with E-state index in [0.29, 0.717) is 18.0 Å². The van der Waals surface area contributed by atoms with E-state index in [9.17, 15) is 4.79 Å². The smallest absolute Gasteiger partial charge is 0.303 e. The van der Waals surface area contributed by atoms with Crippen molar-refractivity contribution in [2.75, 3.05) is 13.2 Å². The number of carboxylic acids is 1. The molecule has 0 bridgehead atoms. The van der Waals surface area contributed by atoms with Crippen LogP contribution in [0, 0.1) is 0 Å². The molecule has 0 aliphatic carbocycles. The monoisotopic (exact) mass is 283 g/mol. The molecule has 1 aromatic carbocycles. The molecule has 2 unspecified atom stereocenters. The van der Waals surface area contributed by atoms with Crippen molar-refractivity contribution in [3.63, 3.8) is 0 Å². The summed E-state index contributed by atoms with van der Waals surface area (Å²) in [5.74, 6) is -0.751. The Hall–Kier alpha value is -1.10. The summed E-state index contributed by atoms with van der Waals surface area (Å²) in [6.07, 6.45) is 1.81. The first-order valence-corrected chi connectivity index (χ1v) is 6.87. The number of hydrogen-bond donors (Lipinski definition) is 2. The molecule has 104 valence electrons. The van der Waals surface area contributed by atoms with Crippen LogP contribution < -0.4 is 5.32 Å². The first-order chi connectivity index (χ1) is 9.16. The van der Waals surface area contributed by atoms with Crippen molar-refractivity contribution in [3.05, 3.63) is 34.9 Å².